The van der Waals surface area contributed by atoms with Gasteiger partial charge in [0.25, 0.3) is 11.4 Å². The van der Waals surface area contributed by atoms with Gasteiger partial charge in [0.05, 0.1) is 9.85 Å². The summed E-state index contributed by atoms with van der Waals surface area (Å²) in [4.78, 5) is 21.4. The fourth-order valence-corrected chi connectivity index (χ4v) is 10.9. The van der Waals surface area contributed by atoms with E-state index in [0.29, 0.717) is 23.0 Å². The Morgan fingerprint density at radius 2 is 0.708 bits per heavy atom. The van der Waals surface area contributed by atoms with Gasteiger partial charge in [-0.05, 0) is 103 Å². The molecule has 2 aliphatic rings. The molecule has 6 rings (SSSR count). The second kappa shape index (κ2) is 27.0. The van der Waals surface area contributed by atoms with Crippen LogP contribution in [0, 0.1) is 38.0 Å². The van der Waals surface area contributed by atoms with E-state index in [0.717, 1.165) is 30.6 Å². The van der Waals surface area contributed by atoms with Gasteiger partial charge >= 0.3 is 0 Å². The number of ether oxygens (including phenoxy) is 2. The number of benzene rings is 4. The van der Waals surface area contributed by atoms with Crippen LogP contribution in [0.5, 0.6) is 23.0 Å². The van der Waals surface area contributed by atoms with Crippen molar-refractivity contribution in [1.29, 1.82) is 0 Å². The molecular weight excluding hydrogens is 809 g/mol. The van der Waals surface area contributed by atoms with Crippen LogP contribution in [0.25, 0.3) is 0 Å². The lowest BCUT2D eigenvalue weighted by molar-refractivity contribution is -0.385. The van der Waals surface area contributed by atoms with Gasteiger partial charge in [0, 0.05) is 29.7 Å². The molecule has 0 aromatic heterocycles. The Hall–Kier alpha value is -4.72. The molecule has 0 bridgehead atoms. The Morgan fingerprint density at radius 1 is 0.415 bits per heavy atom. The predicted molar refractivity (Wildman–Crippen MR) is 265 cm³/mol. The second-order valence-electron chi connectivity index (χ2n) is 19.7. The van der Waals surface area contributed by atoms with E-state index in [9.17, 15) is 20.2 Å². The van der Waals surface area contributed by atoms with Crippen LogP contribution >= 0.6 is 0 Å². The number of non-ortho nitro benzene ring substituents is 2. The molecule has 2 aliphatic carbocycles. The molecule has 0 spiro atoms. The average molecular weight is 887 g/mol. The minimum atomic E-state index is -0.408. The molecule has 0 amide bonds. The topological polar surface area (TPSA) is 105 Å². The molecule has 4 aromatic rings. The Bertz CT molecular complexity index is 1840. The lowest BCUT2D eigenvalue weighted by Crippen LogP contribution is -2.33. The largest absolute Gasteiger partial charge is 0.457 e. The molecule has 0 heterocycles. The lowest BCUT2D eigenvalue weighted by atomic mass is 9.62. The van der Waals surface area contributed by atoms with Gasteiger partial charge in [-0.2, -0.15) is 0 Å². The van der Waals surface area contributed by atoms with Gasteiger partial charge in [-0.1, -0.05) is 185 Å². The maximum Gasteiger partial charge on any atom is 0.269 e. The standard InChI is InChI=1S/C57H78N2O6/c1-2-3-4-5-6-7-8-9-10-11-12-13-14-15-16-17-18-19-46-20-22-47(23-21-46)24-25-48-42-44-57(45-43-48,49-26-34-53(35-27-49)64-55-38-30-51(31-39-55)58(60)61)50-28-36-54(37-29-50)65-56-40-32-52(33-41-56)59(62)63/h26-41,46-48H,2-25,42-45H2,1H3/t46-,47-. The van der Waals surface area contributed by atoms with Gasteiger partial charge in [0.15, 0.2) is 0 Å². The van der Waals surface area contributed by atoms with Gasteiger partial charge in [0.1, 0.15) is 23.0 Å². The van der Waals surface area contributed by atoms with Crippen molar-refractivity contribution in [2.75, 3.05) is 0 Å². The summed E-state index contributed by atoms with van der Waals surface area (Å²) in [6, 6.07) is 29.1. The Labute approximate surface area is 390 Å². The number of hydrogen-bond acceptors (Lipinski definition) is 6. The number of hydrogen-bond donors (Lipinski definition) is 0. The second-order valence-corrected chi connectivity index (χ2v) is 19.7. The van der Waals surface area contributed by atoms with Crippen molar-refractivity contribution in [2.24, 2.45) is 17.8 Å². The third-order valence-corrected chi connectivity index (χ3v) is 15.0. The maximum absolute atomic E-state index is 11.1. The van der Waals surface area contributed by atoms with Crippen molar-refractivity contribution in [2.45, 2.75) is 192 Å². The quantitative estimate of drug-likeness (QED) is 0.0305. The summed E-state index contributed by atoms with van der Waals surface area (Å²) in [5, 5.41) is 22.2. The maximum atomic E-state index is 11.1. The van der Waals surface area contributed by atoms with E-state index < -0.39 is 9.85 Å². The van der Waals surface area contributed by atoms with Crippen LogP contribution in [0.3, 0.4) is 0 Å². The third-order valence-electron chi connectivity index (χ3n) is 15.0. The van der Waals surface area contributed by atoms with Gasteiger partial charge < -0.3 is 9.47 Å². The Balaban J connectivity index is 0.910. The van der Waals surface area contributed by atoms with E-state index in [1.807, 2.05) is 24.3 Å². The fourth-order valence-electron chi connectivity index (χ4n) is 10.9. The van der Waals surface area contributed by atoms with E-state index in [1.54, 1.807) is 24.3 Å². The number of nitrogens with zero attached hydrogens (tertiary/aromatic N) is 2. The SMILES string of the molecule is CCCCCCCCCCCCCCCCCCC[C@H]1CC[C@H](CCC2CCC(c3ccc(Oc4ccc([N+](=O)[O-])cc4)cc3)(c3ccc(Oc4ccc([N+](=O)[O-])cc4)cc3)CC2)CC1. The summed E-state index contributed by atoms with van der Waals surface area (Å²) in [5.74, 6) is 5.07. The van der Waals surface area contributed by atoms with E-state index in [1.165, 1.54) is 202 Å². The molecule has 4 aromatic carbocycles. The molecule has 2 saturated carbocycles. The molecule has 0 unspecified atom stereocenters. The molecule has 0 aliphatic heterocycles. The van der Waals surface area contributed by atoms with Crippen LogP contribution in [0.15, 0.2) is 97.1 Å². The van der Waals surface area contributed by atoms with Gasteiger partial charge in [-0.15, -0.1) is 0 Å². The zero-order chi connectivity index (χ0) is 45.5. The molecule has 352 valence electrons. The van der Waals surface area contributed by atoms with Gasteiger partial charge in [-0.3, -0.25) is 20.2 Å². The summed E-state index contributed by atoms with van der Waals surface area (Å²) in [6.45, 7) is 2.30. The van der Waals surface area contributed by atoms with Crippen LogP contribution in [0.2, 0.25) is 0 Å². The van der Waals surface area contributed by atoms with Crippen LogP contribution < -0.4 is 9.47 Å². The molecule has 0 radical (unpaired) electrons. The normalized spacial score (nSPS) is 17.4. The summed E-state index contributed by atoms with van der Waals surface area (Å²) in [7, 11) is 0. The predicted octanol–water partition coefficient (Wildman–Crippen LogP) is 18.2. The van der Waals surface area contributed by atoms with Crippen molar-refractivity contribution in [3.63, 3.8) is 0 Å². The summed E-state index contributed by atoms with van der Waals surface area (Å²) < 4.78 is 12.2. The monoisotopic (exact) mass is 887 g/mol. The summed E-state index contributed by atoms with van der Waals surface area (Å²) in [5.41, 5.74) is 2.43. The Kier molecular flexibility index (Phi) is 20.7. The van der Waals surface area contributed by atoms with E-state index >= 15 is 0 Å². The minimum Gasteiger partial charge on any atom is -0.457 e. The molecule has 65 heavy (non-hydrogen) atoms. The molecule has 0 saturated heterocycles. The van der Waals surface area contributed by atoms with Crippen molar-refractivity contribution in [3.05, 3.63) is 128 Å². The van der Waals surface area contributed by atoms with Crippen LogP contribution in [-0.4, -0.2) is 9.85 Å². The highest BCUT2D eigenvalue weighted by molar-refractivity contribution is 5.46. The molecular formula is C57H78N2O6. The number of nitro groups is 2. The molecule has 0 atom stereocenters. The average Bonchev–Trinajstić information content (AvgIpc) is 3.33. The molecule has 8 nitrogen and oxygen atoms in total. The smallest absolute Gasteiger partial charge is 0.269 e. The number of rotatable bonds is 29. The summed E-state index contributed by atoms with van der Waals surface area (Å²) >= 11 is 0. The van der Waals surface area contributed by atoms with Gasteiger partial charge in [-0.25, -0.2) is 0 Å². The van der Waals surface area contributed by atoms with Crippen molar-refractivity contribution < 1.29 is 19.3 Å². The first-order valence-electron chi connectivity index (χ1n) is 25.9. The van der Waals surface area contributed by atoms with Crippen molar-refractivity contribution in [3.8, 4) is 23.0 Å². The van der Waals surface area contributed by atoms with E-state index in [2.05, 4.69) is 31.2 Å². The van der Waals surface area contributed by atoms with Crippen LogP contribution in [0.4, 0.5) is 11.4 Å². The van der Waals surface area contributed by atoms with E-state index in [-0.39, 0.29) is 16.8 Å². The zero-order valence-electron chi connectivity index (χ0n) is 39.6. The third kappa shape index (κ3) is 16.3. The highest BCUT2D eigenvalue weighted by atomic mass is 16.6. The lowest BCUT2D eigenvalue weighted by Gasteiger charge is -2.42. The zero-order valence-corrected chi connectivity index (χ0v) is 39.6. The van der Waals surface area contributed by atoms with Crippen molar-refractivity contribution in [1.82, 2.24) is 0 Å². The van der Waals surface area contributed by atoms with Crippen molar-refractivity contribution >= 4 is 11.4 Å². The van der Waals surface area contributed by atoms with Gasteiger partial charge in [0.2, 0.25) is 0 Å². The first-order valence-corrected chi connectivity index (χ1v) is 25.9. The molecule has 2 fully saturated rings. The highest BCUT2D eigenvalue weighted by Gasteiger charge is 2.38. The molecule has 0 N–H and O–H groups in total. The fraction of sp³-hybridized carbons (Fsp3) is 0.579. The van der Waals surface area contributed by atoms with E-state index in [4.69, 9.17) is 9.47 Å². The van der Waals surface area contributed by atoms with Crippen LogP contribution in [-0.2, 0) is 5.41 Å². The Morgan fingerprint density at radius 3 is 1.05 bits per heavy atom. The van der Waals surface area contributed by atoms with Crippen LogP contribution in [0.1, 0.15) is 198 Å². The first kappa shape index (κ1) is 49.7. The number of nitro benzene ring substituents is 2. The number of unbranched alkanes of at least 4 members (excludes halogenated alkanes) is 16. The minimum absolute atomic E-state index is 0.0350. The highest BCUT2D eigenvalue weighted by Crippen LogP contribution is 2.49. The first-order chi connectivity index (χ1) is 31.8. The molecule has 8 heteroatoms. The summed E-state index contributed by atoms with van der Waals surface area (Å²) in [6.07, 6.45) is 38.8.